The normalized spacial score (nSPS) is 24.0. The molecular formula is C20H33BN4O5. The molecule has 2 atom stereocenters. The standard InChI is InChI=1S/C20H33BN4O5/c1-19(2)20(3,4)30-21(29-19)15-9-22-18(23-10-15)24(5)11-14-7-6-8-25(12-14)17(28)16(27)13-26/h9-10,14,16,26-27H,6-8,11-13H2,1-5H3/t14-,16-/m1/s1. The number of aliphatic hydroxyl groups excluding tert-OH is 2. The van der Waals surface area contributed by atoms with Crippen molar-refractivity contribution in [2.45, 2.75) is 57.8 Å². The molecule has 0 aromatic carbocycles. The molecule has 166 valence electrons. The van der Waals surface area contributed by atoms with Gasteiger partial charge >= 0.3 is 7.12 Å². The van der Waals surface area contributed by atoms with Crippen molar-refractivity contribution in [2.75, 3.05) is 38.2 Å². The Morgan fingerprint density at radius 2 is 1.90 bits per heavy atom. The molecule has 0 aliphatic carbocycles. The van der Waals surface area contributed by atoms with Gasteiger partial charge in [-0.25, -0.2) is 9.97 Å². The number of piperidine rings is 1. The highest BCUT2D eigenvalue weighted by molar-refractivity contribution is 6.61. The molecule has 3 rings (SSSR count). The van der Waals surface area contributed by atoms with Crippen LogP contribution in [0.3, 0.4) is 0 Å². The first-order valence-electron chi connectivity index (χ1n) is 10.5. The molecular weight excluding hydrogens is 387 g/mol. The molecule has 9 nitrogen and oxygen atoms in total. The van der Waals surface area contributed by atoms with Crippen molar-refractivity contribution in [1.82, 2.24) is 14.9 Å². The highest BCUT2D eigenvalue weighted by Crippen LogP contribution is 2.36. The number of carbonyl (C=O) groups is 1. The van der Waals surface area contributed by atoms with Gasteiger partial charge in [-0.2, -0.15) is 0 Å². The third kappa shape index (κ3) is 4.77. The van der Waals surface area contributed by atoms with Gasteiger partial charge in [-0.1, -0.05) is 0 Å². The van der Waals surface area contributed by atoms with Crippen LogP contribution >= 0.6 is 0 Å². The molecule has 0 bridgehead atoms. The lowest BCUT2D eigenvalue weighted by atomic mass is 9.81. The Kier molecular flexibility index (Phi) is 6.71. The van der Waals surface area contributed by atoms with Crippen molar-refractivity contribution < 1.29 is 24.3 Å². The van der Waals surface area contributed by atoms with Crippen LogP contribution < -0.4 is 10.4 Å². The van der Waals surface area contributed by atoms with Gasteiger partial charge < -0.3 is 29.3 Å². The van der Waals surface area contributed by atoms with Gasteiger partial charge in [-0.15, -0.1) is 0 Å². The van der Waals surface area contributed by atoms with Gasteiger partial charge in [0, 0.05) is 44.5 Å². The predicted octanol–water partition coefficient (Wildman–Crippen LogP) is -0.196. The van der Waals surface area contributed by atoms with Gasteiger partial charge in [0.2, 0.25) is 5.95 Å². The first-order valence-corrected chi connectivity index (χ1v) is 10.5. The minimum atomic E-state index is -1.34. The zero-order valence-corrected chi connectivity index (χ0v) is 18.5. The fourth-order valence-corrected chi connectivity index (χ4v) is 3.80. The van der Waals surface area contributed by atoms with Crippen LogP contribution in [0.1, 0.15) is 40.5 Å². The molecule has 0 unspecified atom stereocenters. The summed E-state index contributed by atoms with van der Waals surface area (Å²) in [6.07, 6.45) is 3.97. The van der Waals surface area contributed by atoms with E-state index in [0.717, 1.165) is 18.3 Å². The van der Waals surface area contributed by atoms with Crippen LogP contribution in [0, 0.1) is 5.92 Å². The van der Waals surface area contributed by atoms with E-state index in [1.807, 2.05) is 39.6 Å². The van der Waals surface area contributed by atoms with Crippen LogP contribution in [0.4, 0.5) is 5.95 Å². The second-order valence-corrected chi connectivity index (χ2v) is 9.28. The fraction of sp³-hybridized carbons (Fsp3) is 0.750. The largest absolute Gasteiger partial charge is 0.498 e. The molecule has 1 amide bonds. The second kappa shape index (κ2) is 8.78. The topological polar surface area (TPSA) is 108 Å². The van der Waals surface area contributed by atoms with Crippen LogP contribution in [-0.2, 0) is 14.1 Å². The van der Waals surface area contributed by atoms with Gasteiger partial charge in [0.15, 0.2) is 6.10 Å². The summed E-state index contributed by atoms with van der Waals surface area (Å²) < 4.78 is 12.1. The van der Waals surface area contributed by atoms with E-state index in [9.17, 15) is 9.90 Å². The van der Waals surface area contributed by atoms with Crippen molar-refractivity contribution in [3.05, 3.63) is 12.4 Å². The molecule has 10 heteroatoms. The Balaban J connectivity index is 1.59. The average molecular weight is 420 g/mol. The SMILES string of the molecule is CN(C[C@H]1CCCN(C(=O)[C@H](O)CO)C1)c1ncc(B2OC(C)(C)C(C)(C)O2)cn1. The maximum absolute atomic E-state index is 12.1. The van der Waals surface area contributed by atoms with Gasteiger partial charge in [-0.3, -0.25) is 4.79 Å². The van der Waals surface area contributed by atoms with Crippen molar-refractivity contribution in [1.29, 1.82) is 0 Å². The summed E-state index contributed by atoms with van der Waals surface area (Å²) in [5.41, 5.74) is -0.0552. The minimum absolute atomic E-state index is 0.241. The molecule has 2 aliphatic heterocycles. The molecule has 2 N–H and O–H groups in total. The Hall–Kier alpha value is -1.75. The summed E-state index contributed by atoms with van der Waals surface area (Å²) in [7, 11) is 1.43. The van der Waals surface area contributed by atoms with Gasteiger partial charge in [0.25, 0.3) is 5.91 Å². The summed E-state index contributed by atoms with van der Waals surface area (Å²) in [4.78, 5) is 24.7. The third-order valence-corrected chi connectivity index (χ3v) is 6.35. The number of carbonyl (C=O) groups excluding carboxylic acids is 1. The molecule has 0 saturated carbocycles. The van der Waals surface area contributed by atoms with Gasteiger partial charge in [0.1, 0.15) is 0 Å². The number of nitrogens with zero attached hydrogens (tertiary/aromatic N) is 4. The number of rotatable bonds is 6. The number of aromatic nitrogens is 2. The van der Waals surface area contributed by atoms with Crippen LogP contribution in [0.25, 0.3) is 0 Å². The molecule has 2 saturated heterocycles. The number of amides is 1. The van der Waals surface area contributed by atoms with Crippen LogP contribution in [0.2, 0.25) is 0 Å². The predicted molar refractivity (Wildman–Crippen MR) is 113 cm³/mol. The zero-order chi connectivity index (χ0) is 22.1. The Bertz CT molecular complexity index is 729. The first-order chi connectivity index (χ1) is 14.0. The first kappa shape index (κ1) is 22.9. The highest BCUT2D eigenvalue weighted by Gasteiger charge is 2.52. The van der Waals surface area contributed by atoms with Crippen molar-refractivity contribution in [3.8, 4) is 0 Å². The van der Waals surface area contributed by atoms with Crippen molar-refractivity contribution >= 4 is 24.4 Å². The Morgan fingerprint density at radius 1 is 1.30 bits per heavy atom. The second-order valence-electron chi connectivity index (χ2n) is 9.28. The monoisotopic (exact) mass is 420 g/mol. The lowest BCUT2D eigenvalue weighted by Crippen LogP contribution is -2.48. The summed E-state index contributed by atoms with van der Waals surface area (Å²) in [6, 6.07) is 0. The molecule has 3 heterocycles. The smallest absolute Gasteiger partial charge is 0.399 e. The average Bonchev–Trinajstić information content (AvgIpc) is 2.94. The molecule has 2 fully saturated rings. The van der Waals surface area contributed by atoms with E-state index in [2.05, 4.69) is 9.97 Å². The summed E-state index contributed by atoms with van der Waals surface area (Å²) >= 11 is 0. The Labute approximate surface area is 178 Å². The van der Waals surface area contributed by atoms with E-state index in [-0.39, 0.29) is 5.92 Å². The number of hydrogen-bond donors (Lipinski definition) is 2. The zero-order valence-electron chi connectivity index (χ0n) is 18.5. The Morgan fingerprint density at radius 3 is 2.47 bits per heavy atom. The van der Waals surface area contributed by atoms with Crippen LogP contribution in [-0.4, -0.2) is 88.7 Å². The van der Waals surface area contributed by atoms with Crippen molar-refractivity contribution in [2.24, 2.45) is 5.92 Å². The number of anilines is 1. The van der Waals surface area contributed by atoms with E-state index in [1.165, 1.54) is 0 Å². The molecule has 0 spiro atoms. The van der Waals surface area contributed by atoms with E-state index in [1.54, 1.807) is 17.3 Å². The van der Waals surface area contributed by atoms with Crippen molar-refractivity contribution in [3.63, 3.8) is 0 Å². The highest BCUT2D eigenvalue weighted by atomic mass is 16.7. The van der Waals surface area contributed by atoms with E-state index >= 15 is 0 Å². The van der Waals surface area contributed by atoms with Gasteiger partial charge in [0.05, 0.1) is 17.8 Å². The van der Waals surface area contributed by atoms with E-state index < -0.39 is 36.9 Å². The number of hydrogen-bond acceptors (Lipinski definition) is 8. The quantitative estimate of drug-likeness (QED) is 0.610. The maximum atomic E-state index is 12.1. The molecule has 30 heavy (non-hydrogen) atoms. The minimum Gasteiger partial charge on any atom is -0.399 e. The summed E-state index contributed by atoms with van der Waals surface area (Å²) in [5.74, 6) is 0.423. The lowest BCUT2D eigenvalue weighted by Gasteiger charge is -2.35. The van der Waals surface area contributed by atoms with E-state index in [0.29, 0.717) is 25.6 Å². The molecule has 2 aliphatic rings. The molecule has 0 radical (unpaired) electrons. The van der Waals surface area contributed by atoms with E-state index in [4.69, 9.17) is 14.4 Å². The van der Waals surface area contributed by atoms with Crippen LogP contribution in [0.15, 0.2) is 12.4 Å². The lowest BCUT2D eigenvalue weighted by molar-refractivity contribution is -0.143. The fourth-order valence-electron chi connectivity index (χ4n) is 3.80. The maximum Gasteiger partial charge on any atom is 0.498 e. The molecule has 1 aromatic rings. The van der Waals surface area contributed by atoms with Crippen LogP contribution in [0.5, 0.6) is 0 Å². The number of aliphatic hydroxyl groups is 2. The van der Waals surface area contributed by atoms with Gasteiger partial charge in [-0.05, 0) is 46.5 Å². The summed E-state index contributed by atoms with van der Waals surface area (Å²) in [5, 5.41) is 18.6. The molecule has 1 aromatic heterocycles. The third-order valence-electron chi connectivity index (χ3n) is 6.35. The number of likely N-dealkylation sites (tertiary alicyclic amines) is 1. The summed E-state index contributed by atoms with van der Waals surface area (Å²) in [6.45, 7) is 9.32.